The molecule has 4 nitrogen and oxygen atoms in total. The van der Waals surface area contributed by atoms with Crippen LogP contribution in [0, 0.1) is 16.1 Å². The zero-order chi connectivity index (χ0) is 13.7. The van der Waals surface area contributed by atoms with Crippen LogP contribution >= 0.6 is 12.2 Å². The van der Waals surface area contributed by atoms with Crippen LogP contribution in [0.2, 0.25) is 0 Å². The van der Waals surface area contributed by atoms with Crippen LogP contribution in [-0.4, -0.2) is 22.8 Å². The number of aromatic nitrogens is 2. The van der Waals surface area contributed by atoms with Crippen LogP contribution in [0.15, 0.2) is 18.2 Å². The largest absolute Gasteiger partial charge is 0.381 e. The summed E-state index contributed by atoms with van der Waals surface area (Å²) in [5.74, 6) is 0. The molecule has 0 radical (unpaired) electrons. The minimum atomic E-state index is 0.629. The van der Waals surface area contributed by atoms with E-state index in [9.17, 15) is 0 Å². The summed E-state index contributed by atoms with van der Waals surface area (Å²) in [6.07, 6.45) is 1.95. The van der Waals surface area contributed by atoms with Crippen LogP contribution in [0.5, 0.6) is 0 Å². The number of para-hydroxylation sites is 1. The zero-order valence-electron chi connectivity index (χ0n) is 11.0. The Hall–Kier alpha value is -1.64. The molecule has 1 heterocycles. The van der Waals surface area contributed by atoms with Gasteiger partial charge in [-0.3, -0.25) is 0 Å². The molecule has 100 valence electrons. The number of nitriles is 1. The van der Waals surface area contributed by atoms with Gasteiger partial charge in [-0.05, 0) is 37.2 Å². The molecule has 0 aliphatic carbocycles. The molecule has 0 amide bonds. The first kappa shape index (κ1) is 13.8. The zero-order valence-corrected chi connectivity index (χ0v) is 11.8. The molecule has 0 aliphatic heterocycles. The number of H-pyrrole nitrogens is 1. The van der Waals surface area contributed by atoms with Gasteiger partial charge in [-0.1, -0.05) is 13.0 Å². The number of benzene rings is 1. The van der Waals surface area contributed by atoms with Gasteiger partial charge in [-0.2, -0.15) is 5.26 Å². The maximum atomic E-state index is 9.08. The molecule has 19 heavy (non-hydrogen) atoms. The third-order valence-electron chi connectivity index (χ3n) is 2.95. The first-order valence-electron chi connectivity index (χ1n) is 6.47. The first-order chi connectivity index (χ1) is 9.27. The van der Waals surface area contributed by atoms with E-state index in [0.717, 1.165) is 43.6 Å². The Morgan fingerprint density at radius 2 is 2.26 bits per heavy atom. The number of nitrogens with one attached hydrogen (secondary N) is 1. The minimum absolute atomic E-state index is 0.629. The van der Waals surface area contributed by atoms with Gasteiger partial charge in [-0.15, -0.1) is 0 Å². The van der Waals surface area contributed by atoms with E-state index in [4.69, 9.17) is 22.2 Å². The Kier molecular flexibility index (Phi) is 4.72. The SMILES string of the molecule is CCCOCCCn1c(=S)[nH]c2c(C#N)cccc21. The van der Waals surface area contributed by atoms with Gasteiger partial charge in [0.15, 0.2) is 4.77 Å². The summed E-state index contributed by atoms with van der Waals surface area (Å²) in [5, 5.41) is 9.08. The number of aryl methyl sites for hydroxylation is 1. The number of rotatable bonds is 6. The molecule has 0 saturated heterocycles. The van der Waals surface area contributed by atoms with Gasteiger partial charge < -0.3 is 14.3 Å². The average molecular weight is 275 g/mol. The molecule has 0 aliphatic rings. The smallest absolute Gasteiger partial charge is 0.178 e. The maximum Gasteiger partial charge on any atom is 0.178 e. The van der Waals surface area contributed by atoms with Crippen molar-refractivity contribution in [2.24, 2.45) is 0 Å². The van der Waals surface area contributed by atoms with E-state index in [1.807, 2.05) is 16.7 Å². The van der Waals surface area contributed by atoms with Gasteiger partial charge in [0.25, 0.3) is 0 Å². The lowest BCUT2D eigenvalue weighted by Crippen LogP contribution is -2.03. The summed E-state index contributed by atoms with van der Waals surface area (Å²) in [4.78, 5) is 3.11. The van der Waals surface area contributed by atoms with Crippen molar-refractivity contribution in [3.63, 3.8) is 0 Å². The van der Waals surface area contributed by atoms with Crippen molar-refractivity contribution in [3.8, 4) is 6.07 Å². The quantitative estimate of drug-likeness (QED) is 0.649. The molecule has 0 unspecified atom stereocenters. The molecule has 0 saturated carbocycles. The third-order valence-corrected chi connectivity index (χ3v) is 3.27. The fourth-order valence-electron chi connectivity index (χ4n) is 2.07. The van der Waals surface area contributed by atoms with Crippen LogP contribution < -0.4 is 0 Å². The number of ether oxygens (including phenoxy) is 1. The lowest BCUT2D eigenvalue weighted by Gasteiger charge is -2.05. The molecule has 2 rings (SSSR count). The number of hydrogen-bond acceptors (Lipinski definition) is 3. The summed E-state index contributed by atoms with van der Waals surface area (Å²) < 4.78 is 8.16. The molecular weight excluding hydrogens is 258 g/mol. The van der Waals surface area contributed by atoms with Crippen molar-refractivity contribution in [1.29, 1.82) is 5.26 Å². The highest BCUT2D eigenvalue weighted by Gasteiger charge is 2.07. The van der Waals surface area contributed by atoms with Gasteiger partial charge in [-0.25, -0.2) is 0 Å². The fourth-order valence-corrected chi connectivity index (χ4v) is 2.36. The van der Waals surface area contributed by atoms with Crippen LogP contribution in [0.3, 0.4) is 0 Å². The molecule has 5 heteroatoms. The number of aromatic amines is 1. The topological polar surface area (TPSA) is 53.7 Å². The average Bonchev–Trinajstić information content (AvgIpc) is 2.74. The monoisotopic (exact) mass is 275 g/mol. The van der Waals surface area contributed by atoms with Crippen molar-refractivity contribution < 1.29 is 4.74 Å². The van der Waals surface area contributed by atoms with E-state index in [0.29, 0.717) is 10.3 Å². The molecule has 1 aromatic heterocycles. The molecule has 1 aromatic carbocycles. The Bertz CT molecular complexity index is 651. The second kappa shape index (κ2) is 6.50. The predicted molar refractivity (Wildman–Crippen MR) is 77.6 cm³/mol. The second-order valence-electron chi connectivity index (χ2n) is 4.36. The highest BCUT2D eigenvalue weighted by Crippen LogP contribution is 2.18. The number of hydrogen-bond donors (Lipinski definition) is 1. The van der Waals surface area contributed by atoms with Crippen LogP contribution in [-0.2, 0) is 11.3 Å². The predicted octanol–water partition coefficient (Wildman–Crippen LogP) is 3.39. The molecule has 0 bridgehead atoms. The molecular formula is C14H17N3OS. The minimum Gasteiger partial charge on any atom is -0.381 e. The van der Waals surface area contributed by atoms with Crippen molar-refractivity contribution in [2.75, 3.05) is 13.2 Å². The number of imidazole rings is 1. The molecule has 0 atom stereocenters. The normalized spacial score (nSPS) is 10.7. The van der Waals surface area contributed by atoms with Gasteiger partial charge in [0.05, 0.1) is 16.6 Å². The van der Waals surface area contributed by atoms with E-state index in [2.05, 4.69) is 18.0 Å². The standard InChI is InChI=1S/C14H17N3OS/c1-2-8-18-9-4-7-17-12-6-3-5-11(10-15)13(12)16-14(17)19/h3,5-6H,2,4,7-9H2,1H3,(H,16,19). The number of fused-ring (bicyclic) bond motifs is 1. The van der Waals surface area contributed by atoms with Crippen LogP contribution in [0.4, 0.5) is 0 Å². The molecule has 2 aromatic rings. The Morgan fingerprint density at radius 3 is 3.00 bits per heavy atom. The lowest BCUT2D eigenvalue weighted by molar-refractivity contribution is 0.129. The van der Waals surface area contributed by atoms with Gasteiger partial charge in [0.1, 0.15) is 6.07 Å². The number of nitrogens with zero attached hydrogens (tertiary/aromatic N) is 2. The third kappa shape index (κ3) is 3.03. The summed E-state index contributed by atoms with van der Waals surface area (Å²) >= 11 is 5.32. The molecule has 0 spiro atoms. The maximum absolute atomic E-state index is 9.08. The van der Waals surface area contributed by atoms with Crippen molar-refractivity contribution in [3.05, 3.63) is 28.5 Å². The fraction of sp³-hybridized carbons (Fsp3) is 0.429. The van der Waals surface area contributed by atoms with E-state index in [1.54, 1.807) is 6.07 Å². The van der Waals surface area contributed by atoms with E-state index in [-0.39, 0.29) is 0 Å². The molecule has 1 N–H and O–H groups in total. The van der Waals surface area contributed by atoms with Gasteiger partial charge in [0.2, 0.25) is 0 Å². The summed E-state index contributed by atoms with van der Waals surface area (Å²) in [6.45, 7) is 4.44. The Morgan fingerprint density at radius 1 is 1.42 bits per heavy atom. The lowest BCUT2D eigenvalue weighted by atomic mass is 10.2. The van der Waals surface area contributed by atoms with E-state index in [1.165, 1.54) is 0 Å². The van der Waals surface area contributed by atoms with Crippen LogP contribution in [0.1, 0.15) is 25.3 Å². The molecule has 0 fully saturated rings. The summed E-state index contributed by atoms with van der Waals surface area (Å²) in [7, 11) is 0. The van der Waals surface area contributed by atoms with E-state index >= 15 is 0 Å². The Labute approximate surface area is 117 Å². The summed E-state index contributed by atoms with van der Waals surface area (Å²) in [5.41, 5.74) is 2.44. The first-order valence-corrected chi connectivity index (χ1v) is 6.88. The van der Waals surface area contributed by atoms with Crippen molar-refractivity contribution in [1.82, 2.24) is 9.55 Å². The second-order valence-corrected chi connectivity index (χ2v) is 4.75. The van der Waals surface area contributed by atoms with Crippen molar-refractivity contribution in [2.45, 2.75) is 26.3 Å². The Balaban J connectivity index is 2.17. The highest BCUT2D eigenvalue weighted by atomic mass is 32.1. The summed E-state index contributed by atoms with van der Waals surface area (Å²) in [6, 6.07) is 7.84. The van der Waals surface area contributed by atoms with Crippen molar-refractivity contribution >= 4 is 23.3 Å². The van der Waals surface area contributed by atoms with Gasteiger partial charge >= 0.3 is 0 Å². The van der Waals surface area contributed by atoms with E-state index < -0.39 is 0 Å². The van der Waals surface area contributed by atoms with Crippen LogP contribution in [0.25, 0.3) is 11.0 Å². The van der Waals surface area contributed by atoms with Gasteiger partial charge in [0, 0.05) is 19.8 Å². The highest BCUT2D eigenvalue weighted by molar-refractivity contribution is 7.71.